The van der Waals surface area contributed by atoms with Crippen LogP contribution in [0.15, 0.2) is 41.3 Å². The van der Waals surface area contributed by atoms with E-state index >= 15 is 0 Å². The van der Waals surface area contributed by atoms with E-state index < -0.39 is 5.97 Å². The van der Waals surface area contributed by atoms with E-state index in [1.807, 2.05) is 6.92 Å². The third-order valence-corrected chi connectivity index (χ3v) is 6.14. The molecule has 1 amide bonds. The lowest BCUT2D eigenvalue weighted by Gasteiger charge is -2.15. The number of carbonyl (C=O) groups is 2. The summed E-state index contributed by atoms with van der Waals surface area (Å²) < 4.78 is 11.5. The topological polar surface area (TPSA) is 76.1 Å². The number of nitrogens with zero attached hydrogens (tertiary/aromatic N) is 1. The molecule has 1 aliphatic heterocycles. The van der Waals surface area contributed by atoms with Gasteiger partial charge in [0.15, 0.2) is 15.8 Å². The van der Waals surface area contributed by atoms with Crippen LogP contribution >= 0.6 is 47.2 Å². The highest BCUT2D eigenvalue weighted by atomic mass is 35.5. The normalized spacial score (nSPS) is 14.9. The Balaban J connectivity index is 1.84. The maximum absolute atomic E-state index is 13.0. The number of hydrogen-bond acceptors (Lipinski definition) is 6. The summed E-state index contributed by atoms with van der Waals surface area (Å²) >= 11 is 18.6. The molecular formula is C21H17Cl2NO5S2. The molecule has 0 aliphatic carbocycles. The van der Waals surface area contributed by atoms with Crippen LogP contribution in [0.3, 0.4) is 0 Å². The second kappa shape index (κ2) is 10.4. The molecule has 3 rings (SSSR count). The molecule has 1 N–H and O–H groups in total. The summed E-state index contributed by atoms with van der Waals surface area (Å²) in [5, 5.41) is 9.48. The van der Waals surface area contributed by atoms with Gasteiger partial charge in [0.1, 0.15) is 0 Å². The van der Waals surface area contributed by atoms with Crippen molar-refractivity contribution in [2.45, 2.75) is 13.3 Å². The van der Waals surface area contributed by atoms with Gasteiger partial charge in [-0.3, -0.25) is 14.5 Å². The molecule has 0 bridgehead atoms. The molecule has 1 fully saturated rings. The van der Waals surface area contributed by atoms with Crippen LogP contribution in [0, 0.1) is 0 Å². The van der Waals surface area contributed by atoms with Gasteiger partial charge < -0.3 is 14.6 Å². The maximum Gasteiger partial charge on any atom is 0.306 e. The molecular weight excluding hydrogens is 481 g/mol. The zero-order valence-corrected chi connectivity index (χ0v) is 19.4. The molecule has 0 spiro atoms. The maximum atomic E-state index is 13.0. The number of carbonyl (C=O) groups excluding carboxylic acids is 1. The summed E-state index contributed by atoms with van der Waals surface area (Å²) in [7, 11) is 0. The molecule has 10 heteroatoms. The van der Waals surface area contributed by atoms with Gasteiger partial charge >= 0.3 is 5.97 Å². The first kappa shape index (κ1) is 23.4. The molecule has 162 valence electrons. The number of benzene rings is 2. The second-order valence-corrected chi connectivity index (χ2v) is 8.74. The number of carboxylic acids is 1. The molecule has 2 aromatic rings. The number of thioether (sulfide) groups is 1. The monoisotopic (exact) mass is 497 g/mol. The van der Waals surface area contributed by atoms with Gasteiger partial charge in [0.2, 0.25) is 0 Å². The van der Waals surface area contributed by atoms with Crippen molar-refractivity contribution in [3.63, 3.8) is 0 Å². The number of halogens is 2. The molecule has 0 aromatic heterocycles. The van der Waals surface area contributed by atoms with Crippen molar-refractivity contribution in [3.8, 4) is 11.5 Å². The summed E-state index contributed by atoms with van der Waals surface area (Å²) in [4.78, 5) is 25.5. The lowest BCUT2D eigenvalue weighted by Crippen LogP contribution is -2.27. The zero-order valence-electron chi connectivity index (χ0n) is 16.3. The number of rotatable bonds is 8. The third-order valence-electron chi connectivity index (χ3n) is 4.09. The molecule has 31 heavy (non-hydrogen) atoms. The average Bonchev–Trinajstić information content (AvgIpc) is 2.99. The van der Waals surface area contributed by atoms with Crippen molar-refractivity contribution in [1.29, 1.82) is 0 Å². The Morgan fingerprint density at radius 1 is 1.16 bits per heavy atom. The summed E-state index contributed by atoms with van der Waals surface area (Å²) in [6.45, 7) is 2.26. The van der Waals surface area contributed by atoms with E-state index in [1.54, 1.807) is 42.5 Å². The summed E-state index contributed by atoms with van der Waals surface area (Å²) in [5.74, 6) is -0.322. The van der Waals surface area contributed by atoms with Gasteiger partial charge in [-0.15, -0.1) is 0 Å². The summed E-state index contributed by atoms with van der Waals surface area (Å²) in [6.07, 6.45) is 1.59. The lowest BCUT2D eigenvalue weighted by atomic mass is 10.1. The first-order chi connectivity index (χ1) is 14.8. The van der Waals surface area contributed by atoms with Crippen LogP contribution in [0.5, 0.6) is 11.5 Å². The molecule has 2 aromatic carbocycles. The van der Waals surface area contributed by atoms with Crippen LogP contribution in [-0.2, 0) is 9.59 Å². The minimum Gasteiger partial charge on any atom is -0.490 e. The quantitative estimate of drug-likeness (QED) is 0.372. The van der Waals surface area contributed by atoms with Gasteiger partial charge in [0.05, 0.1) is 40.3 Å². The van der Waals surface area contributed by atoms with Gasteiger partial charge in [0.25, 0.3) is 5.91 Å². The zero-order chi connectivity index (χ0) is 22.5. The lowest BCUT2D eigenvalue weighted by molar-refractivity contribution is -0.137. The van der Waals surface area contributed by atoms with Crippen molar-refractivity contribution in [2.75, 3.05) is 18.1 Å². The largest absolute Gasteiger partial charge is 0.490 e. The fourth-order valence-electron chi connectivity index (χ4n) is 2.72. The van der Waals surface area contributed by atoms with Crippen molar-refractivity contribution in [3.05, 3.63) is 56.9 Å². The highest BCUT2D eigenvalue weighted by molar-refractivity contribution is 8.27. The molecule has 0 unspecified atom stereocenters. The number of carboxylic acid groups (broad SMARTS) is 1. The fourth-order valence-corrected chi connectivity index (χ4v) is 4.31. The second-order valence-electron chi connectivity index (χ2n) is 6.25. The van der Waals surface area contributed by atoms with Crippen LogP contribution in [0.1, 0.15) is 18.9 Å². The average molecular weight is 498 g/mol. The third kappa shape index (κ3) is 5.71. The van der Waals surface area contributed by atoms with Crippen molar-refractivity contribution in [1.82, 2.24) is 0 Å². The molecule has 0 radical (unpaired) electrons. The van der Waals surface area contributed by atoms with Crippen molar-refractivity contribution in [2.24, 2.45) is 0 Å². The standard InChI is InChI=1S/C21H17Cl2NO5S2/c1-2-28-17-9-12(3-6-16(17)29-8-7-19(25)26)10-18-20(27)24(21(30)31-18)13-4-5-14(22)15(23)11-13/h3-6,9-11H,2,7-8H2,1H3,(H,25,26)/b18-10+. The number of anilines is 1. The number of thiocarbonyl (C=S) groups is 1. The smallest absolute Gasteiger partial charge is 0.306 e. The van der Waals surface area contributed by atoms with E-state index in [4.69, 9.17) is 50.0 Å². The van der Waals surface area contributed by atoms with Gasteiger partial charge in [-0.05, 0) is 48.9 Å². The SMILES string of the molecule is CCOc1cc(/C=C2/SC(=S)N(c3ccc(Cl)c(Cl)c3)C2=O)ccc1OCCC(=O)O. The minimum absolute atomic E-state index is 0.0249. The van der Waals surface area contributed by atoms with E-state index in [9.17, 15) is 9.59 Å². The molecule has 6 nitrogen and oxygen atoms in total. The first-order valence-electron chi connectivity index (χ1n) is 9.14. The number of ether oxygens (including phenoxy) is 2. The van der Waals surface area contributed by atoms with Crippen molar-refractivity contribution >= 4 is 75.1 Å². The Morgan fingerprint density at radius 3 is 2.61 bits per heavy atom. The molecule has 1 saturated heterocycles. The van der Waals surface area contributed by atoms with Crippen LogP contribution in [0.25, 0.3) is 6.08 Å². The van der Waals surface area contributed by atoms with E-state index in [0.717, 1.165) is 0 Å². The molecule has 1 aliphatic rings. The highest BCUT2D eigenvalue weighted by Crippen LogP contribution is 2.38. The van der Waals surface area contributed by atoms with E-state index in [0.29, 0.717) is 48.6 Å². The van der Waals surface area contributed by atoms with Crippen molar-refractivity contribution < 1.29 is 24.2 Å². The predicted octanol–water partition coefficient (Wildman–Crippen LogP) is 5.65. The number of hydrogen-bond donors (Lipinski definition) is 1. The van der Waals surface area contributed by atoms with Gasteiger partial charge in [-0.25, -0.2) is 0 Å². The van der Waals surface area contributed by atoms with Gasteiger partial charge in [-0.2, -0.15) is 0 Å². The first-order valence-corrected chi connectivity index (χ1v) is 11.1. The Kier molecular flexibility index (Phi) is 7.83. The van der Waals surface area contributed by atoms with E-state index in [-0.39, 0.29) is 18.9 Å². The Morgan fingerprint density at radius 2 is 1.94 bits per heavy atom. The van der Waals surface area contributed by atoms with E-state index in [1.165, 1.54) is 16.7 Å². The summed E-state index contributed by atoms with van der Waals surface area (Å²) in [6, 6.07) is 10.0. The minimum atomic E-state index is -0.946. The predicted molar refractivity (Wildman–Crippen MR) is 127 cm³/mol. The number of amides is 1. The Hall–Kier alpha value is -2.26. The van der Waals surface area contributed by atoms with Crippen LogP contribution < -0.4 is 14.4 Å². The highest BCUT2D eigenvalue weighted by Gasteiger charge is 2.33. The van der Waals surface area contributed by atoms with E-state index in [2.05, 4.69) is 0 Å². The summed E-state index contributed by atoms with van der Waals surface area (Å²) in [5.41, 5.74) is 1.25. The Bertz CT molecular complexity index is 1070. The molecule has 0 atom stereocenters. The molecule has 1 heterocycles. The Labute approximate surface area is 198 Å². The van der Waals surface area contributed by atoms with Crippen LogP contribution in [-0.4, -0.2) is 34.5 Å². The van der Waals surface area contributed by atoms with Gasteiger partial charge in [0, 0.05) is 0 Å². The van der Waals surface area contributed by atoms with Crippen LogP contribution in [0.2, 0.25) is 10.0 Å². The fraction of sp³-hybridized carbons (Fsp3) is 0.190. The molecule has 0 saturated carbocycles. The van der Waals surface area contributed by atoms with Gasteiger partial charge in [-0.1, -0.05) is 53.2 Å². The van der Waals surface area contributed by atoms with Crippen LogP contribution in [0.4, 0.5) is 5.69 Å². The number of aliphatic carboxylic acids is 1.